The zero-order valence-electron chi connectivity index (χ0n) is 10.0. The third kappa shape index (κ3) is 3.25. The van der Waals surface area contributed by atoms with Crippen molar-refractivity contribution in [2.75, 3.05) is 17.2 Å². The van der Waals surface area contributed by atoms with E-state index in [0.717, 1.165) is 0 Å². The number of anilines is 3. The van der Waals surface area contributed by atoms with E-state index in [-0.39, 0.29) is 5.69 Å². The van der Waals surface area contributed by atoms with Crippen LogP contribution in [0.3, 0.4) is 0 Å². The van der Waals surface area contributed by atoms with Crippen molar-refractivity contribution in [1.29, 1.82) is 0 Å². The summed E-state index contributed by atoms with van der Waals surface area (Å²) in [6, 6.07) is 5.19. The van der Waals surface area contributed by atoms with Crippen LogP contribution in [0.5, 0.6) is 0 Å². The molecule has 0 saturated carbocycles. The van der Waals surface area contributed by atoms with Gasteiger partial charge in [-0.15, -0.1) is 6.58 Å². The first-order chi connectivity index (χ1) is 9.20. The molecule has 0 radical (unpaired) electrons. The monoisotopic (exact) mass is 262 g/mol. The Labute approximate surface area is 109 Å². The minimum absolute atomic E-state index is 0.240. The van der Waals surface area contributed by atoms with Gasteiger partial charge in [0.05, 0.1) is 0 Å². The highest BCUT2D eigenvalue weighted by atomic mass is 19.1. The van der Waals surface area contributed by atoms with Crippen molar-refractivity contribution in [2.45, 2.75) is 0 Å². The van der Waals surface area contributed by atoms with Crippen molar-refractivity contribution >= 4 is 17.3 Å². The lowest BCUT2D eigenvalue weighted by Crippen LogP contribution is -2.03. The Morgan fingerprint density at radius 3 is 2.53 bits per heavy atom. The van der Waals surface area contributed by atoms with Gasteiger partial charge in [-0.2, -0.15) is 0 Å². The highest BCUT2D eigenvalue weighted by molar-refractivity contribution is 5.60. The normalized spacial score (nSPS) is 10.0. The topological polar surface area (TPSA) is 49.8 Å². The lowest BCUT2D eigenvalue weighted by Gasteiger charge is -2.09. The highest BCUT2D eigenvalue weighted by Gasteiger charge is 2.09. The van der Waals surface area contributed by atoms with E-state index < -0.39 is 11.6 Å². The second-order valence-corrected chi connectivity index (χ2v) is 3.68. The number of aromatic nitrogens is 2. The van der Waals surface area contributed by atoms with E-state index in [9.17, 15) is 8.78 Å². The van der Waals surface area contributed by atoms with Gasteiger partial charge in [-0.05, 0) is 12.1 Å². The number of hydrogen-bond donors (Lipinski definition) is 2. The molecule has 0 fully saturated rings. The first kappa shape index (κ1) is 12.9. The van der Waals surface area contributed by atoms with Gasteiger partial charge < -0.3 is 10.6 Å². The summed E-state index contributed by atoms with van der Waals surface area (Å²) in [5.41, 5.74) is -0.240. The maximum atomic E-state index is 13.5. The molecule has 0 unspecified atom stereocenters. The molecule has 2 aromatic rings. The Hall–Kier alpha value is -2.50. The summed E-state index contributed by atoms with van der Waals surface area (Å²) in [4.78, 5) is 7.87. The van der Waals surface area contributed by atoms with E-state index in [0.29, 0.717) is 18.2 Å². The lowest BCUT2D eigenvalue weighted by molar-refractivity contribution is 0.590. The molecule has 0 atom stereocenters. The van der Waals surface area contributed by atoms with Crippen molar-refractivity contribution in [3.8, 4) is 0 Å². The third-order valence-electron chi connectivity index (χ3n) is 2.31. The van der Waals surface area contributed by atoms with Crippen LogP contribution in [0.2, 0.25) is 0 Å². The minimum Gasteiger partial charge on any atom is -0.366 e. The van der Waals surface area contributed by atoms with Crippen LogP contribution in [-0.2, 0) is 0 Å². The molecule has 4 nitrogen and oxygen atoms in total. The molecule has 98 valence electrons. The van der Waals surface area contributed by atoms with Crippen LogP contribution in [0.15, 0.2) is 43.2 Å². The van der Waals surface area contributed by atoms with Crippen LogP contribution in [-0.4, -0.2) is 16.5 Å². The Bertz CT molecular complexity index is 566. The molecule has 2 rings (SSSR count). The van der Waals surface area contributed by atoms with Crippen LogP contribution < -0.4 is 10.6 Å². The Kier molecular flexibility index (Phi) is 4.02. The number of para-hydroxylation sites is 1. The Balaban J connectivity index is 2.21. The van der Waals surface area contributed by atoms with Crippen LogP contribution in [0, 0.1) is 11.6 Å². The number of nitrogens with one attached hydrogen (secondary N) is 2. The van der Waals surface area contributed by atoms with E-state index in [1.165, 1.54) is 24.5 Å². The van der Waals surface area contributed by atoms with Crippen LogP contribution in [0.1, 0.15) is 0 Å². The van der Waals surface area contributed by atoms with Crippen LogP contribution in [0.25, 0.3) is 0 Å². The molecule has 0 aliphatic rings. The van der Waals surface area contributed by atoms with Gasteiger partial charge in [0.1, 0.15) is 35.3 Å². The number of rotatable bonds is 5. The van der Waals surface area contributed by atoms with Crippen molar-refractivity contribution in [1.82, 2.24) is 9.97 Å². The van der Waals surface area contributed by atoms with Crippen molar-refractivity contribution in [3.05, 3.63) is 54.9 Å². The number of nitrogens with zero attached hydrogens (tertiary/aromatic N) is 2. The Morgan fingerprint density at radius 1 is 1.16 bits per heavy atom. The fourth-order valence-electron chi connectivity index (χ4n) is 1.44. The molecule has 19 heavy (non-hydrogen) atoms. The smallest absolute Gasteiger partial charge is 0.149 e. The molecule has 1 aromatic carbocycles. The van der Waals surface area contributed by atoms with Crippen molar-refractivity contribution < 1.29 is 8.78 Å². The molecule has 1 aromatic heterocycles. The quantitative estimate of drug-likeness (QED) is 0.813. The predicted octanol–water partition coefficient (Wildman–Crippen LogP) is 3.10. The Morgan fingerprint density at radius 2 is 1.84 bits per heavy atom. The lowest BCUT2D eigenvalue weighted by atomic mass is 10.3. The molecule has 1 heterocycles. The number of benzene rings is 1. The average Bonchev–Trinajstić information content (AvgIpc) is 2.41. The predicted molar refractivity (Wildman–Crippen MR) is 70.4 cm³/mol. The zero-order valence-corrected chi connectivity index (χ0v) is 10.0. The fraction of sp³-hybridized carbons (Fsp3) is 0.0769. The first-order valence-corrected chi connectivity index (χ1v) is 5.58. The highest BCUT2D eigenvalue weighted by Crippen LogP contribution is 2.22. The largest absolute Gasteiger partial charge is 0.366 e. The van der Waals surface area contributed by atoms with Gasteiger partial charge in [-0.1, -0.05) is 12.1 Å². The van der Waals surface area contributed by atoms with E-state index in [1.807, 2.05) is 0 Å². The summed E-state index contributed by atoms with van der Waals surface area (Å²) in [6.45, 7) is 4.10. The summed E-state index contributed by atoms with van der Waals surface area (Å²) in [6.07, 6.45) is 2.97. The maximum absolute atomic E-state index is 13.5. The van der Waals surface area contributed by atoms with E-state index in [4.69, 9.17) is 0 Å². The van der Waals surface area contributed by atoms with Gasteiger partial charge in [0.25, 0.3) is 0 Å². The third-order valence-corrected chi connectivity index (χ3v) is 2.31. The van der Waals surface area contributed by atoms with Crippen LogP contribution >= 0.6 is 0 Å². The molecule has 0 amide bonds. The minimum atomic E-state index is -0.681. The number of halogens is 2. The standard InChI is InChI=1S/C13H12F2N4/c1-2-6-16-11-7-12(18-8-17-11)19-13-9(14)4-3-5-10(13)15/h2-5,7-8H,1,6H2,(H2,16,17,18,19). The summed E-state index contributed by atoms with van der Waals surface area (Å²) in [7, 11) is 0. The first-order valence-electron chi connectivity index (χ1n) is 5.58. The molecule has 0 spiro atoms. The van der Waals surface area contributed by atoms with E-state index >= 15 is 0 Å². The second kappa shape index (κ2) is 5.90. The van der Waals surface area contributed by atoms with Crippen LogP contribution in [0.4, 0.5) is 26.1 Å². The van der Waals surface area contributed by atoms with Gasteiger partial charge >= 0.3 is 0 Å². The summed E-state index contributed by atoms with van der Waals surface area (Å²) < 4.78 is 26.9. The summed E-state index contributed by atoms with van der Waals surface area (Å²) in [5.74, 6) is -0.530. The zero-order chi connectivity index (χ0) is 13.7. The van der Waals surface area contributed by atoms with Gasteiger partial charge in [0, 0.05) is 12.6 Å². The van der Waals surface area contributed by atoms with E-state index in [1.54, 1.807) is 12.1 Å². The molecular formula is C13H12F2N4. The SMILES string of the molecule is C=CCNc1cc(Nc2c(F)cccc2F)ncn1. The molecule has 0 aliphatic carbocycles. The molecule has 6 heteroatoms. The van der Waals surface area contributed by atoms with Gasteiger partial charge in [0.2, 0.25) is 0 Å². The molecular weight excluding hydrogens is 250 g/mol. The fourth-order valence-corrected chi connectivity index (χ4v) is 1.44. The summed E-state index contributed by atoms with van der Waals surface area (Å²) in [5, 5.41) is 5.54. The van der Waals surface area contributed by atoms with E-state index in [2.05, 4.69) is 27.2 Å². The molecule has 2 N–H and O–H groups in total. The molecule has 0 aliphatic heterocycles. The molecule has 0 saturated heterocycles. The number of hydrogen-bond acceptors (Lipinski definition) is 4. The molecule has 0 bridgehead atoms. The van der Waals surface area contributed by atoms with Gasteiger partial charge in [-0.25, -0.2) is 18.7 Å². The maximum Gasteiger partial charge on any atom is 0.149 e. The second-order valence-electron chi connectivity index (χ2n) is 3.68. The average molecular weight is 262 g/mol. The van der Waals surface area contributed by atoms with Crippen molar-refractivity contribution in [3.63, 3.8) is 0 Å². The van der Waals surface area contributed by atoms with Gasteiger partial charge in [-0.3, -0.25) is 0 Å². The summed E-state index contributed by atoms with van der Waals surface area (Å²) >= 11 is 0. The van der Waals surface area contributed by atoms with Gasteiger partial charge in [0.15, 0.2) is 0 Å². The van der Waals surface area contributed by atoms with Crippen molar-refractivity contribution in [2.24, 2.45) is 0 Å².